The first kappa shape index (κ1) is 20.3. The molecule has 154 valence electrons. The summed E-state index contributed by atoms with van der Waals surface area (Å²) in [6.07, 6.45) is -1.44. The smallest absolute Gasteiger partial charge is 0.276 e. The van der Waals surface area contributed by atoms with E-state index in [-0.39, 0.29) is 23.8 Å². The molecule has 0 radical (unpaired) electrons. The van der Waals surface area contributed by atoms with Crippen LogP contribution in [0.1, 0.15) is 0 Å². The number of hydrogen-bond donors (Lipinski definition) is 2. The molecule has 30 heavy (non-hydrogen) atoms. The Morgan fingerprint density at radius 1 is 1.10 bits per heavy atom. The molecule has 6 nitrogen and oxygen atoms in total. The van der Waals surface area contributed by atoms with E-state index in [0.717, 1.165) is 0 Å². The van der Waals surface area contributed by atoms with Gasteiger partial charge in [0.15, 0.2) is 11.9 Å². The number of benzene rings is 2. The Hall–Kier alpha value is -2.98. The third kappa shape index (κ3) is 3.88. The van der Waals surface area contributed by atoms with Crippen molar-refractivity contribution in [3.8, 4) is 5.75 Å². The van der Waals surface area contributed by atoms with Gasteiger partial charge in [-0.3, -0.25) is 4.98 Å². The second-order valence-corrected chi connectivity index (χ2v) is 7.28. The Bertz CT molecular complexity index is 1220. The molecular formula is C20H15BrF3N5O. The van der Waals surface area contributed by atoms with Gasteiger partial charge in [0.1, 0.15) is 17.9 Å². The minimum absolute atomic E-state index is 0.0982. The SMILES string of the molecule is NCC(Oc1cc(Br)cc2ncnc(Nc3ccc4ncccc4c3F)c12)C(F)F. The third-order valence-electron chi connectivity index (χ3n) is 4.43. The standard InChI is InChI=1S/C20H15BrF3N5O/c21-10-6-14-17(15(7-10)30-16(8-25)19(23)24)20(28-9-27-14)29-13-4-3-12-11(18(13)22)2-1-5-26-12/h1-7,9,16,19H,8,25H2,(H,27,28,29). The van der Waals surface area contributed by atoms with Gasteiger partial charge in [0.25, 0.3) is 6.43 Å². The number of nitrogens with one attached hydrogen (secondary N) is 1. The zero-order chi connectivity index (χ0) is 21.3. The topological polar surface area (TPSA) is 86.0 Å². The number of pyridine rings is 1. The molecule has 0 aliphatic carbocycles. The van der Waals surface area contributed by atoms with E-state index in [1.54, 1.807) is 30.5 Å². The maximum Gasteiger partial charge on any atom is 0.276 e. The van der Waals surface area contributed by atoms with Crippen LogP contribution in [0.3, 0.4) is 0 Å². The first-order valence-corrected chi connectivity index (χ1v) is 9.66. The summed E-state index contributed by atoms with van der Waals surface area (Å²) < 4.78 is 47.5. The van der Waals surface area contributed by atoms with Gasteiger partial charge in [-0.15, -0.1) is 0 Å². The van der Waals surface area contributed by atoms with Gasteiger partial charge in [0.2, 0.25) is 0 Å². The molecule has 0 aliphatic heterocycles. The zero-order valence-electron chi connectivity index (χ0n) is 15.3. The molecule has 0 amide bonds. The lowest BCUT2D eigenvalue weighted by Crippen LogP contribution is -2.33. The van der Waals surface area contributed by atoms with Crippen molar-refractivity contribution in [2.45, 2.75) is 12.5 Å². The van der Waals surface area contributed by atoms with Gasteiger partial charge in [-0.1, -0.05) is 15.9 Å². The Morgan fingerprint density at radius 3 is 2.70 bits per heavy atom. The lowest BCUT2D eigenvalue weighted by atomic mass is 10.1. The van der Waals surface area contributed by atoms with Crippen molar-refractivity contribution in [2.24, 2.45) is 5.73 Å². The van der Waals surface area contributed by atoms with Crippen molar-refractivity contribution < 1.29 is 17.9 Å². The third-order valence-corrected chi connectivity index (χ3v) is 4.89. The number of fused-ring (bicyclic) bond motifs is 2. The van der Waals surface area contributed by atoms with E-state index in [2.05, 4.69) is 36.2 Å². The highest BCUT2D eigenvalue weighted by atomic mass is 79.9. The number of alkyl halides is 2. The second-order valence-electron chi connectivity index (χ2n) is 6.37. The van der Waals surface area contributed by atoms with E-state index < -0.39 is 18.3 Å². The molecule has 10 heteroatoms. The van der Waals surface area contributed by atoms with Gasteiger partial charge < -0.3 is 15.8 Å². The highest BCUT2D eigenvalue weighted by Gasteiger charge is 2.23. The molecule has 2 heterocycles. The van der Waals surface area contributed by atoms with Crippen LogP contribution >= 0.6 is 15.9 Å². The number of nitrogens with zero attached hydrogens (tertiary/aromatic N) is 3. The van der Waals surface area contributed by atoms with Gasteiger partial charge in [-0.2, -0.15) is 0 Å². The van der Waals surface area contributed by atoms with Gasteiger partial charge in [-0.05, 0) is 36.4 Å². The second kappa shape index (κ2) is 8.41. The van der Waals surface area contributed by atoms with Crippen LogP contribution < -0.4 is 15.8 Å². The van der Waals surface area contributed by atoms with Crippen molar-refractivity contribution in [2.75, 3.05) is 11.9 Å². The summed E-state index contributed by atoms with van der Waals surface area (Å²) in [6.45, 7) is -0.381. The highest BCUT2D eigenvalue weighted by molar-refractivity contribution is 9.10. The molecule has 2 aromatic heterocycles. The molecule has 4 aromatic rings. The molecule has 4 rings (SSSR count). The molecule has 0 spiro atoms. The van der Waals surface area contributed by atoms with E-state index >= 15 is 0 Å². The quantitative estimate of drug-likeness (QED) is 0.415. The zero-order valence-corrected chi connectivity index (χ0v) is 16.9. The predicted octanol–water partition coefficient (Wildman–Crippen LogP) is 4.79. The van der Waals surface area contributed by atoms with Crippen molar-refractivity contribution in [1.82, 2.24) is 15.0 Å². The normalized spacial score (nSPS) is 12.5. The lowest BCUT2D eigenvalue weighted by Gasteiger charge is -2.19. The maximum atomic E-state index is 15.0. The average molecular weight is 478 g/mol. The molecule has 0 fully saturated rings. The van der Waals surface area contributed by atoms with Gasteiger partial charge in [0, 0.05) is 22.6 Å². The van der Waals surface area contributed by atoms with Crippen LogP contribution in [0.15, 0.2) is 53.4 Å². The first-order chi connectivity index (χ1) is 14.5. The van der Waals surface area contributed by atoms with Crippen molar-refractivity contribution in [1.29, 1.82) is 0 Å². The molecule has 3 N–H and O–H groups in total. The van der Waals surface area contributed by atoms with E-state index in [1.807, 2.05) is 0 Å². The largest absolute Gasteiger partial charge is 0.482 e. The first-order valence-electron chi connectivity index (χ1n) is 8.87. The minimum atomic E-state index is -2.78. The Kier molecular flexibility index (Phi) is 5.69. The van der Waals surface area contributed by atoms with Crippen LogP contribution in [0.5, 0.6) is 5.75 Å². The fourth-order valence-electron chi connectivity index (χ4n) is 3.02. The summed E-state index contributed by atoms with van der Waals surface area (Å²) in [5.41, 5.74) is 6.49. The van der Waals surface area contributed by atoms with E-state index in [9.17, 15) is 13.2 Å². The van der Waals surface area contributed by atoms with Crippen LogP contribution in [0.2, 0.25) is 0 Å². The van der Waals surface area contributed by atoms with Crippen LogP contribution in [0, 0.1) is 5.82 Å². The number of anilines is 2. The van der Waals surface area contributed by atoms with Gasteiger partial charge in [-0.25, -0.2) is 23.1 Å². The fraction of sp³-hybridized carbons (Fsp3) is 0.150. The molecule has 2 aromatic carbocycles. The summed E-state index contributed by atoms with van der Waals surface area (Å²) in [5, 5.41) is 3.58. The number of aromatic nitrogens is 3. The molecular weight excluding hydrogens is 463 g/mol. The van der Waals surface area contributed by atoms with E-state index in [1.165, 1.54) is 18.5 Å². The molecule has 0 saturated heterocycles. The Balaban J connectivity index is 1.82. The van der Waals surface area contributed by atoms with Crippen molar-refractivity contribution >= 4 is 49.2 Å². The van der Waals surface area contributed by atoms with Crippen LogP contribution in [-0.2, 0) is 0 Å². The number of ether oxygens (including phenoxy) is 1. The average Bonchev–Trinajstić information content (AvgIpc) is 2.73. The predicted molar refractivity (Wildman–Crippen MR) is 112 cm³/mol. The molecule has 0 saturated carbocycles. The lowest BCUT2D eigenvalue weighted by molar-refractivity contribution is 0.0178. The number of halogens is 4. The summed E-state index contributed by atoms with van der Waals surface area (Å²) >= 11 is 3.32. The molecule has 1 unspecified atom stereocenters. The summed E-state index contributed by atoms with van der Waals surface area (Å²) in [5.74, 6) is -0.213. The van der Waals surface area contributed by atoms with E-state index in [0.29, 0.717) is 26.3 Å². The molecule has 1 atom stereocenters. The van der Waals surface area contributed by atoms with Crippen LogP contribution in [-0.4, -0.2) is 34.0 Å². The molecule has 0 aliphatic rings. The maximum absolute atomic E-state index is 15.0. The summed E-state index contributed by atoms with van der Waals surface area (Å²) in [4.78, 5) is 12.5. The summed E-state index contributed by atoms with van der Waals surface area (Å²) in [6, 6.07) is 9.63. The number of rotatable bonds is 6. The van der Waals surface area contributed by atoms with Crippen LogP contribution in [0.25, 0.3) is 21.8 Å². The number of hydrogen-bond acceptors (Lipinski definition) is 6. The van der Waals surface area contributed by atoms with Gasteiger partial charge in [0.05, 0.1) is 22.1 Å². The fourth-order valence-corrected chi connectivity index (χ4v) is 3.44. The van der Waals surface area contributed by atoms with Crippen molar-refractivity contribution in [3.05, 3.63) is 59.2 Å². The monoisotopic (exact) mass is 477 g/mol. The Morgan fingerprint density at radius 2 is 1.93 bits per heavy atom. The van der Waals surface area contributed by atoms with E-state index in [4.69, 9.17) is 10.5 Å². The number of nitrogens with two attached hydrogens (primary N) is 1. The van der Waals surface area contributed by atoms with Crippen LogP contribution in [0.4, 0.5) is 24.7 Å². The van der Waals surface area contributed by atoms with Crippen molar-refractivity contribution in [3.63, 3.8) is 0 Å². The van der Waals surface area contributed by atoms with Gasteiger partial charge >= 0.3 is 0 Å². The highest BCUT2D eigenvalue weighted by Crippen LogP contribution is 2.36. The molecule has 0 bridgehead atoms. The summed E-state index contributed by atoms with van der Waals surface area (Å²) in [7, 11) is 0. The minimum Gasteiger partial charge on any atom is -0.482 e. The Labute approximate surface area is 177 Å².